The molecule has 688 valence electrons. The summed E-state index contributed by atoms with van der Waals surface area (Å²) in [6.07, 6.45) is -9.50. The summed E-state index contributed by atoms with van der Waals surface area (Å²) in [4.78, 5) is 178. The van der Waals surface area contributed by atoms with Crippen LogP contribution in [0.1, 0.15) is 100 Å². The third kappa shape index (κ3) is 21.0. The second-order valence-corrected chi connectivity index (χ2v) is 46.3. The molecular weight excluding hydrogens is 1920 g/mol. The van der Waals surface area contributed by atoms with Crippen LogP contribution in [0.15, 0.2) is 75.9 Å². The zero-order valence-electron chi connectivity index (χ0n) is 66.3. The highest BCUT2D eigenvalue weighted by molar-refractivity contribution is 8.08. The smallest absolute Gasteiger partial charge is 0.351 e. The average Bonchev–Trinajstić information content (AvgIpc) is 1.63. The number of ether oxygens (including phenoxy) is 6. The molecule has 65 heteroatoms. The number of aryl methyl sites for hydroxylation is 2. The summed E-state index contributed by atoms with van der Waals surface area (Å²) in [5.41, 5.74) is 29.5. The number of aromatic nitrogens is 20. The molecule has 16 heterocycles. The van der Waals surface area contributed by atoms with Crippen molar-refractivity contribution in [2.75, 3.05) is 68.8 Å². The van der Waals surface area contributed by atoms with Crippen molar-refractivity contribution in [3.05, 3.63) is 109 Å². The first-order chi connectivity index (χ1) is 60.2. The van der Waals surface area contributed by atoms with E-state index in [1.807, 2.05) is 0 Å². The van der Waals surface area contributed by atoms with Crippen LogP contribution in [0.2, 0.25) is 0 Å². The number of aromatic amines is 2. The largest absolute Gasteiger partial charge is 0.383 e. The van der Waals surface area contributed by atoms with Gasteiger partial charge in [0.2, 0.25) is 5.95 Å². The predicted molar refractivity (Wildman–Crippen MR) is 462 cm³/mol. The van der Waals surface area contributed by atoms with Crippen LogP contribution in [0.5, 0.6) is 0 Å². The lowest BCUT2D eigenvalue weighted by atomic mass is 10.1. The number of nitrogens with one attached hydrogen (secondary N) is 2. The van der Waals surface area contributed by atoms with Crippen LogP contribution >= 0.6 is 40.3 Å². The Kier molecular flexibility index (Phi) is 27.7. The van der Waals surface area contributed by atoms with Crippen LogP contribution < -0.4 is 51.2 Å². The Labute approximate surface area is 744 Å². The minimum atomic E-state index is -4.63. The van der Waals surface area contributed by atoms with Gasteiger partial charge in [-0.3, -0.25) is 47.0 Å². The molecule has 16 rings (SSSR count). The molecule has 10 aromatic heterocycles. The minimum Gasteiger partial charge on any atom is -0.383 e. The zero-order valence-corrected chi connectivity index (χ0v) is 76.6. The number of H-pyrrole nitrogens is 2. The maximum atomic E-state index is 13.6. The number of nitrogens with zero attached hydrogens (tertiary/aromatic N) is 18. The fourth-order valence-electron chi connectivity index (χ4n) is 15.0. The highest BCUT2D eigenvalue weighted by atomic mass is 32.5. The lowest BCUT2D eigenvalue weighted by Gasteiger charge is -2.28. The average molecular weight is 2000 g/mol. The van der Waals surface area contributed by atoms with Crippen LogP contribution in [0, 0.1) is 13.8 Å². The number of hydrogen-bond acceptors (Lipinski definition) is 45. The number of anilines is 5. The molecule has 0 radical (unpaired) electrons. The summed E-state index contributed by atoms with van der Waals surface area (Å²) < 4.78 is 119. The first-order valence-electron chi connectivity index (χ1n) is 38.1. The van der Waals surface area contributed by atoms with Crippen LogP contribution in [0.3, 0.4) is 0 Å². The van der Waals surface area contributed by atoms with Gasteiger partial charge in [0.15, 0.2) is 45.6 Å². The molecule has 6 unspecified atom stereocenters. The van der Waals surface area contributed by atoms with Gasteiger partial charge < -0.3 is 141 Å². The molecule has 0 amide bonds. The summed E-state index contributed by atoms with van der Waals surface area (Å²) in [5, 5.41) is 0. The van der Waals surface area contributed by atoms with Gasteiger partial charge in [-0.25, -0.2) is 59.4 Å². The summed E-state index contributed by atoms with van der Waals surface area (Å²) in [6.45, 7) is -24.7. The lowest BCUT2D eigenvalue weighted by molar-refractivity contribution is -0.0563. The monoisotopic (exact) mass is 2000 g/mol. The van der Waals surface area contributed by atoms with E-state index >= 15 is 0 Å². The molecule has 0 aromatic carbocycles. The summed E-state index contributed by atoms with van der Waals surface area (Å²) in [7, 11) is 1.14. The minimum absolute atomic E-state index is 0.0137. The third-order valence-electron chi connectivity index (χ3n) is 21.1. The summed E-state index contributed by atoms with van der Waals surface area (Å²) >= 11 is 33.5. The van der Waals surface area contributed by atoms with E-state index in [1.54, 1.807) is 13.8 Å². The van der Waals surface area contributed by atoms with Crippen molar-refractivity contribution in [1.82, 2.24) is 97.2 Å². The third-order valence-corrected chi connectivity index (χ3v) is 30.8. The summed E-state index contributed by atoms with van der Waals surface area (Å²) in [6, 6.07) is 0. The number of nitrogen functional groups attached to an aromatic ring is 5. The Morgan fingerprint density at radius 1 is 0.386 bits per heavy atom. The molecule has 53 nitrogen and oxygen atoms in total. The van der Waals surface area contributed by atoms with Gasteiger partial charge in [-0.15, -0.1) is 0 Å². The predicted octanol–water partition coefficient (Wildman–Crippen LogP) is 1.45. The van der Waals surface area contributed by atoms with Crippen molar-refractivity contribution >= 4 is 185 Å². The van der Waals surface area contributed by atoms with Gasteiger partial charge in [0, 0.05) is 69.2 Å². The number of hydrogen-bond donors (Lipinski definition) is 13. The van der Waals surface area contributed by atoms with Crippen LogP contribution in [0.25, 0.3) is 44.7 Å². The van der Waals surface area contributed by atoms with Crippen molar-refractivity contribution in [3.63, 3.8) is 0 Å². The van der Waals surface area contributed by atoms with E-state index in [0.29, 0.717) is 12.0 Å². The molecule has 0 saturated carbocycles. The molecule has 6 saturated heterocycles. The Bertz CT molecular complexity index is 6400. The van der Waals surface area contributed by atoms with Crippen molar-refractivity contribution in [2.24, 2.45) is 0 Å². The number of fused-ring (bicyclic) bond motifs is 4. The maximum Gasteiger partial charge on any atom is 0.351 e. The van der Waals surface area contributed by atoms with Gasteiger partial charge in [-0.1, -0.05) is 6.92 Å². The van der Waals surface area contributed by atoms with Crippen molar-refractivity contribution < 1.29 is 112 Å². The van der Waals surface area contributed by atoms with Crippen molar-refractivity contribution in [2.45, 2.75) is 176 Å². The Morgan fingerprint density at radius 3 is 1.05 bits per heavy atom. The molecule has 24 atom stereocenters. The fourth-order valence-corrected chi connectivity index (χ4v) is 23.4. The Morgan fingerprint density at radius 2 is 0.693 bits per heavy atom. The molecule has 127 heavy (non-hydrogen) atoms. The maximum absolute atomic E-state index is 13.6. The molecule has 0 aliphatic carbocycles. The van der Waals surface area contributed by atoms with Crippen LogP contribution in [0.4, 0.5) is 29.2 Å². The van der Waals surface area contributed by atoms with Gasteiger partial charge in [0.25, 0.3) is 11.1 Å². The van der Waals surface area contributed by atoms with Crippen molar-refractivity contribution in [3.8, 4) is 0 Å². The molecule has 6 aliphatic heterocycles. The first-order valence-corrected chi connectivity index (χ1v) is 53.7. The van der Waals surface area contributed by atoms with E-state index in [4.69, 9.17) is 182 Å². The van der Waals surface area contributed by atoms with E-state index in [1.165, 1.54) is 86.4 Å². The van der Waals surface area contributed by atoms with Gasteiger partial charge in [-0.05, 0) is 91.1 Å². The van der Waals surface area contributed by atoms with Gasteiger partial charge in [-0.2, -0.15) is 9.97 Å². The second-order valence-electron chi connectivity index (χ2n) is 29.4. The fraction of sp³-hybridized carbons (Fsp3) is 0.548. The molecule has 0 spiro atoms. The van der Waals surface area contributed by atoms with Gasteiger partial charge in [0.1, 0.15) is 109 Å². The van der Waals surface area contributed by atoms with E-state index in [-0.39, 0.29) is 118 Å². The SMILES string of the molecule is CC[C@H]1O[C@@H](n2cc(C)c(=O)[nH]c2=O)C[C@H]1OP(O)(=S)OC[C@H]1O[C@@H](n2cnc3c(N)ncnc32)C[C@H]1OP(O)(=S)OC[C@H]1O[C@@H](n2cnc3c(N)ncnc32)C[C@H]1OP(O)(=S)OC[C@H]1O[C@@H](n2cc(C)c(N)nc2=O)C[C@H]1OP(O)(=S)OC[C@H]1O[C@@H](n2cnc3c(N)ncnc32)C[C@H]1OP(O)(=S)OC[C@H]1O[C@@H](n2cnc3c(=O)[nH]c(N)nc32)C[C@H]1OP(O)(=S)OC. The molecule has 6 fully saturated rings. The Balaban J connectivity index is 0.612. The van der Waals surface area contributed by atoms with E-state index in [0.717, 1.165) is 11.7 Å². The van der Waals surface area contributed by atoms with E-state index in [9.17, 15) is 48.5 Å². The number of nitrogens with two attached hydrogens (primary N) is 5. The Hall–Kier alpha value is -6.50. The van der Waals surface area contributed by atoms with Crippen molar-refractivity contribution in [1.29, 1.82) is 0 Å². The highest BCUT2D eigenvalue weighted by Crippen LogP contribution is 2.58. The van der Waals surface area contributed by atoms with Crippen LogP contribution in [-0.2, 0) is 154 Å². The van der Waals surface area contributed by atoms with E-state index in [2.05, 4.69) is 69.8 Å². The molecule has 0 bridgehead atoms. The summed E-state index contributed by atoms with van der Waals surface area (Å²) in [5.74, 6) is -0.182. The van der Waals surface area contributed by atoms with Gasteiger partial charge >= 0.3 is 51.7 Å². The van der Waals surface area contributed by atoms with E-state index < -0.39 is 206 Å². The zero-order chi connectivity index (χ0) is 90.3. The molecule has 10 aromatic rings. The second kappa shape index (κ2) is 37.5. The van der Waals surface area contributed by atoms with Gasteiger partial charge in [0.05, 0.1) is 101 Å². The first kappa shape index (κ1) is 93.7. The van der Waals surface area contributed by atoms with Crippen LogP contribution in [-0.4, -0.2) is 240 Å². The number of imidazole rings is 4. The quantitative estimate of drug-likeness (QED) is 0.0250. The number of rotatable bonds is 35. The lowest BCUT2D eigenvalue weighted by Crippen LogP contribution is -2.33. The highest BCUT2D eigenvalue weighted by Gasteiger charge is 2.51. The molecule has 18 N–H and O–H groups in total. The topological polar surface area (TPSA) is 702 Å². The molecular formula is C62H81N25O28P6S6. The molecule has 6 aliphatic rings. The standard InChI is InChI=1S/C62H81N25O28P6S6/c1-5-28-29(6-40(104-28)83-13-27(3)58(88)81-62(83)91)111-117(93,123)99-16-37-32(9-42(106-37)84-22-74-46-51(64)68-19-71-54(46)84)115-121(97,127)103-18-39-34(11-44(108-39)86-24-76-48-53(66)70-21-73-56(48)86)114-120(96,126)101-15-36-31(7-41(105-36)82-12-26(2)50(63)78-61(82)90)112-118(94,124)102-17-38-33(10-43(107-38)85-23-75-47-52(65)69-20-72-55(47)85)113-119(95,125)100-14-35-30(110-116(92,122)98-4)8-45(109-35)87-25-77-49-57(87)79-60(67)80-59(49)89/h12-13,19-25,28-45H,5-11,14-18H2,1-4H3,(H,92,122)(H,93,123)(H,94,124)(H,95,125)(H,96,126)(H,97,127)(H2,63,78,90)(H2,64,68,71)(H2,65,69,72)(H2,66,70,73)(H,81,88,91)(H3,67,79,80,89)/t28-,29-,30-,31-,32-,33-,34-,35-,36-,37-,38-,39-,40-,41-,42-,43-,44-,45-,116?,117?,118?,119?,120?,121?/m1/s1. The normalized spacial score (nSPS) is 29.3.